The van der Waals surface area contributed by atoms with Gasteiger partial charge in [-0.3, -0.25) is 0 Å². The number of hydrogen-bond acceptors (Lipinski definition) is 3. The standard InChI is InChI=1S/C15H16FNO2/c1-10-3-5-13(8-14(10)16)19-9-11-7-12(17)4-6-15(11)18-2/h3-8H,9,17H2,1-2H3. The minimum atomic E-state index is -0.281. The molecule has 0 spiro atoms. The van der Waals surface area contributed by atoms with Crippen LogP contribution in [0.4, 0.5) is 10.1 Å². The van der Waals surface area contributed by atoms with Crippen LogP contribution < -0.4 is 15.2 Å². The molecule has 2 aromatic carbocycles. The van der Waals surface area contributed by atoms with E-state index in [2.05, 4.69) is 0 Å². The van der Waals surface area contributed by atoms with Crippen molar-refractivity contribution in [2.45, 2.75) is 13.5 Å². The zero-order chi connectivity index (χ0) is 13.8. The summed E-state index contributed by atoms with van der Waals surface area (Å²) in [5, 5.41) is 0. The molecule has 0 aromatic heterocycles. The van der Waals surface area contributed by atoms with Crippen LogP contribution >= 0.6 is 0 Å². The van der Waals surface area contributed by atoms with Gasteiger partial charge in [-0.25, -0.2) is 4.39 Å². The Kier molecular flexibility index (Phi) is 3.90. The molecule has 100 valence electrons. The van der Waals surface area contributed by atoms with Crippen molar-refractivity contribution in [2.75, 3.05) is 12.8 Å². The third kappa shape index (κ3) is 3.16. The second-order valence-electron chi connectivity index (χ2n) is 4.27. The number of ether oxygens (including phenoxy) is 2. The van der Waals surface area contributed by atoms with Gasteiger partial charge in [0.05, 0.1) is 7.11 Å². The predicted molar refractivity (Wildman–Crippen MR) is 72.9 cm³/mol. The van der Waals surface area contributed by atoms with Gasteiger partial charge in [0.2, 0.25) is 0 Å². The lowest BCUT2D eigenvalue weighted by atomic mass is 10.2. The highest BCUT2D eigenvalue weighted by atomic mass is 19.1. The number of halogens is 1. The van der Waals surface area contributed by atoms with Crippen LogP contribution in [0.2, 0.25) is 0 Å². The van der Waals surface area contributed by atoms with E-state index in [0.717, 1.165) is 5.56 Å². The van der Waals surface area contributed by atoms with E-state index in [1.54, 1.807) is 44.4 Å². The number of aryl methyl sites for hydroxylation is 1. The number of hydrogen-bond donors (Lipinski definition) is 1. The Labute approximate surface area is 111 Å². The van der Waals surface area contributed by atoms with Crippen molar-refractivity contribution in [1.82, 2.24) is 0 Å². The molecule has 0 saturated heterocycles. The van der Waals surface area contributed by atoms with E-state index in [1.807, 2.05) is 0 Å². The Morgan fingerprint density at radius 3 is 2.63 bits per heavy atom. The van der Waals surface area contributed by atoms with Crippen LogP contribution in [0.15, 0.2) is 36.4 Å². The van der Waals surface area contributed by atoms with E-state index in [9.17, 15) is 4.39 Å². The monoisotopic (exact) mass is 261 g/mol. The first kappa shape index (κ1) is 13.2. The summed E-state index contributed by atoms with van der Waals surface area (Å²) in [6, 6.07) is 10.1. The van der Waals surface area contributed by atoms with Crippen molar-refractivity contribution in [3.63, 3.8) is 0 Å². The maximum atomic E-state index is 13.4. The molecule has 0 saturated carbocycles. The molecule has 0 fully saturated rings. The van der Waals surface area contributed by atoms with Crippen molar-refractivity contribution in [3.8, 4) is 11.5 Å². The molecule has 0 aliphatic rings. The van der Waals surface area contributed by atoms with Crippen LogP contribution in [-0.4, -0.2) is 7.11 Å². The van der Waals surface area contributed by atoms with Gasteiger partial charge in [0, 0.05) is 17.3 Å². The van der Waals surface area contributed by atoms with E-state index in [-0.39, 0.29) is 12.4 Å². The first-order valence-electron chi connectivity index (χ1n) is 5.91. The zero-order valence-corrected chi connectivity index (χ0v) is 10.9. The normalized spacial score (nSPS) is 10.3. The molecule has 0 radical (unpaired) electrons. The van der Waals surface area contributed by atoms with Crippen LogP contribution in [0.5, 0.6) is 11.5 Å². The van der Waals surface area contributed by atoms with E-state index >= 15 is 0 Å². The molecule has 0 unspecified atom stereocenters. The lowest BCUT2D eigenvalue weighted by Crippen LogP contribution is -2.00. The van der Waals surface area contributed by atoms with Crippen LogP contribution in [-0.2, 0) is 6.61 Å². The first-order chi connectivity index (χ1) is 9.10. The molecule has 4 heteroatoms. The molecule has 2 N–H and O–H groups in total. The summed E-state index contributed by atoms with van der Waals surface area (Å²) in [6.07, 6.45) is 0. The Balaban J connectivity index is 2.13. The van der Waals surface area contributed by atoms with Crippen molar-refractivity contribution in [3.05, 3.63) is 53.3 Å². The average Bonchev–Trinajstić information content (AvgIpc) is 2.40. The van der Waals surface area contributed by atoms with Crippen molar-refractivity contribution in [2.24, 2.45) is 0 Å². The van der Waals surface area contributed by atoms with Gasteiger partial charge in [-0.15, -0.1) is 0 Å². The third-order valence-electron chi connectivity index (χ3n) is 2.84. The van der Waals surface area contributed by atoms with Crippen LogP contribution in [0.1, 0.15) is 11.1 Å². The zero-order valence-electron chi connectivity index (χ0n) is 10.9. The van der Waals surface area contributed by atoms with Gasteiger partial charge in [-0.1, -0.05) is 6.07 Å². The molecule has 0 aliphatic heterocycles. The fraction of sp³-hybridized carbons (Fsp3) is 0.200. The predicted octanol–water partition coefficient (Wildman–Crippen LogP) is 3.30. The Bertz CT molecular complexity index is 584. The quantitative estimate of drug-likeness (QED) is 0.859. The van der Waals surface area contributed by atoms with Gasteiger partial charge < -0.3 is 15.2 Å². The summed E-state index contributed by atoms with van der Waals surface area (Å²) in [6.45, 7) is 1.98. The minimum absolute atomic E-state index is 0.275. The fourth-order valence-corrected chi connectivity index (χ4v) is 1.74. The summed E-state index contributed by atoms with van der Waals surface area (Å²) in [4.78, 5) is 0. The smallest absolute Gasteiger partial charge is 0.129 e. The lowest BCUT2D eigenvalue weighted by molar-refractivity contribution is 0.295. The Morgan fingerprint density at radius 2 is 1.95 bits per heavy atom. The lowest BCUT2D eigenvalue weighted by Gasteiger charge is -2.11. The molecule has 0 heterocycles. The van der Waals surface area contributed by atoms with Gasteiger partial charge in [-0.05, 0) is 36.8 Å². The summed E-state index contributed by atoms with van der Waals surface area (Å²) >= 11 is 0. The van der Waals surface area contributed by atoms with E-state index in [0.29, 0.717) is 22.7 Å². The largest absolute Gasteiger partial charge is 0.496 e. The number of benzene rings is 2. The van der Waals surface area contributed by atoms with Gasteiger partial charge >= 0.3 is 0 Å². The number of nitrogen functional groups attached to an aromatic ring is 1. The minimum Gasteiger partial charge on any atom is -0.496 e. The number of anilines is 1. The van der Waals surface area contributed by atoms with Crippen molar-refractivity contribution >= 4 is 5.69 Å². The summed E-state index contributed by atoms with van der Waals surface area (Å²) in [5.41, 5.74) is 7.77. The van der Waals surface area contributed by atoms with Crippen LogP contribution in [0.25, 0.3) is 0 Å². The highest BCUT2D eigenvalue weighted by Crippen LogP contribution is 2.23. The molecule has 0 amide bonds. The maximum Gasteiger partial charge on any atom is 0.129 e. The highest BCUT2D eigenvalue weighted by Gasteiger charge is 2.06. The Hall–Kier alpha value is -2.23. The van der Waals surface area contributed by atoms with E-state index in [1.165, 1.54) is 6.07 Å². The summed E-state index contributed by atoms with van der Waals surface area (Å²) in [5.74, 6) is 0.895. The molecule has 19 heavy (non-hydrogen) atoms. The second-order valence-corrected chi connectivity index (χ2v) is 4.27. The third-order valence-corrected chi connectivity index (χ3v) is 2.84. The van der Waals surface area contributed by atoms with Gasteiger partial charge in [-0.2, -0.15) is 0 Å². The second kappa shape index (κ2) is 5.61. The van der Waals surface area contributed by atoms with E-state index < -0.39 is 0 Å². The molecule has 2 rings (SSSR count). The number of rotatable bonds is 4. The average molecular weight is 261 g/mol. The highest BCUT2D eigenvalue weighted by molar-refractivity contribution is 5.47. The van der Waals surface area contributed by atoms with Crippen LogP contribution in [0, 0.1) is 12.7 Å². The fourth-order valence-electron chi connectivity index (χ4n) is 1.74. The van der Waals surface area contributed by atoms with Crippen molar-refractivity contribution in [1.29, 1.82) is 0 Å². The molecular weight excluding hydrogens is 245 g/mol. The molecule has 2 aromatic rings. The van der Waals surface area contributed by atoms with E-state index in [4.69, 9.17) is 15.2 Å². The molecule has 3 nitrogen and oxygen atoms in total. The maximum absolute atomic E-state index is 13.4. The van der Waals surface area contributed by atoms with Gasteiger partial charge in [0.15, 0.2) is 0 Å². The van der Waals surface area contributed by atoms with Crippen LogP contribution in [0.3, 0.4) is 0 Å². The first-order valence-corrected chi connectivity index (χ1v) is 5.91. The molecule has 0 atom stereocenters. The number of nitrogens with two attached hydrogens (primary N) is 1. The van der Waals surface area contributed by atoms with Crippen molar-refractivity contribution < 1.29 is 13.9 Å². The SMILES string of the molecule is COc1ccc(N)cc1COc1ccc(C)c(F)c1. The summed E-state index contributed by atoms with van der Waals surface area (Å²) in [7, 11) is 1.58. The van der Waals surface area contributed by atoms with Gasteiger partial charge in [0.25, 0.3) is 0 Å². The molecule has 0 bridgehead atoms. The Morgan fingerprint density at radius 1 is 1.16 bits per heavy atom. The van der Waals surface area contributed by atoms with Gasteiger partial charge in [0.1, 0.15) is 23.9 Å². The summed E-state index contributed by atoms with van der Waals surface area (Å²) < 4.78 is 24.2. The molecular formula is C15H16FNO2. The molecule has 0 aliphatic carbocycles. The topological polar surface area (TPSA) is 44.5 Å². The number of methoxy groups -OCH3 is 1.